The van der Waals surface area contributed by atoms with Gasteiger partial charge in [0.25, 0.3) is 5.91 Å². The van der Waals surface area contributed by atoms with Gasteiger partial charge in [-0.3, -0.25) is 9.48 Å². The Morgan fingerprint density at radius 2 is 2.33 bits per heavy atom. The zero-order chi connectivity index (χ0) is 11.0. The minimum Gasteiger partial charge on any atom is -0.332 e. The predicted molar refractivity (Wildman–Crippen MR) is 52.8 cm³/mol. The Bertz CT molecular complexity index is 407. The lowest BCUT2D eigenvalue weighted by Crippen LogP contribution is -2.50. The standard InChI is InChI=1S/C10H12FN3O/c1-7-3-12-14(4-7)9-5-13(6-9)10(15)8(2)11/h3-4,9H,2,5-6H2,1H3. The molecule has 2 heterocycles. The topological polar surface area (TPSA) is 38.1 Å². The molecule has 0 N–H and O–H groups in total. The van der Waals surface area contributed by atoms with Crippen LogP contribution in [0, 0.1) is 6.92 Å². The Kier molecular flexibility index (Phi) is 2.30. The fraction of sp³-hybridized carbons (Fsp3) is 0.400. The molecular weight excluding hydrogens is 197 g/mol. The Morgan fingerprint density at radius 1 is 1.67 bits per heavy atom. The van der Waals surface area contributed by atoms with E-state index in [-0.39, 0.29) is 6.04 Å². The lowest BCUT2D eigenvalue weighted by molar-refractivity contribution is -0.134. The van der Waals surface area contributed by atoms with Gasteiger partial charge in [-0.05, 0) is 12.5 Å². The molecule has 1 aromatic rings. The molecule has 80 valence electrons. The van der Waals surface area contributed by atoms with Crippen LogP contribution in [0.4, 0.5) is 4.39 Å². The van der Waals surface area contributed by atoms with Gasteiger partial charge in [0.05, 0.1) is 12.2 Å². The zero-order valence-corrected chi connectivity index (χ0v) is 8.48. The van der Waals surface area contributed by atoms with E-state index in [1.165, 1.54) is 4.90 Å². The SMILES string of the molecule is C=C(F)C(=O)N1CC(n2cc(C)cn2)C1. The van der Waals surface area contributed by atoms with Gasteiger partial charge in [-0.15, -0.1) is 0 Å². The van der Waals surface area contributed by atoms with Gasteiger partial charge in [-0.2, -0.15) is 5.10 Å². The van der Waals surface area contributed by atoms with E-state index in [9.17, 15) is 9.18 Å². The van der Waals surface area contributed by atoms with Crippen molar-refractivity contribution >= 4 is 5.91 Å². The van der Waals surface area contributed by atoms with Crippen LogP contribution in [0.5, 0.6) is 0 Å². The largest absolute Gasteiger partial charge is 0.332 e. The Hall–Kier alpha value is -1.65. The summed E-state index contributed by atoms with van der Waals surface area (Å²) in [6.45, 7) is 5.94. The third-order valence-corrected chi connectivity index (χ3v) is 2.49. The van der Waals surface area contributed by atoms with Crippen LogP contribution in [-0.2, 0) is 4.79 Å². The zero-order valence-electron chi connectivity index (χ0n) is 8.48. The van der Waals surface area contributed by atoms with Gasteiger partial charge in [-0.25, -0.2) is 4.39 Å². The Morgan fingerprint density at radius 3 is 2.80 bits per heavy atom. The number of hydrogen-bond donors (Lipinski definition) is 0. The van der Waals surface area contributed by atoms with Crippen LogP contribution in [0.15, 0.2) is 24.8 Å². The van der Waals surface area contributed by atoms with Crippen LogP contribution in [-0.4, -0.2) is 33.7 Å². The van der Waals surface area contributed by atoms with Crippen molar-refractivity contribution in [2.75, 3.05) is 13.1 Å². The number of carbonyl (C=O) groups excluding carboxylic acids is 1. The van der Waals surface area contributed by atoms with Crippen molar-refractivity contribution in [2.24, 2.45) is 0 Å². The summed E-state index contributed by atoms with van der Waals surface area (Å²) in [4.78, 5) is 12.5. The van der Waals surface area contributed by atoms with Crippen molar-refractivity contribution in [2.45, 2.75) is 13.0 Å². The second-order valence-electron chi connectivity index (χ2n) is 3.77. The quantitative estimate of drug-likeness (QED) is 0.683. The van der Waals surface area contributed by atoms with Crippen LogP contribution in [0.25, 0.3) is 0 Å². The average Bonchev–Trinajstić information content (AvgIpc) is 2.49. The number of aryl methyl sites for hydroxylation is 1. The molecule has 0 radical (unpaired) electrons. The predicted octanol–water partition coefficient (Wildman–Crippen LogP) is 1.06. The monoisotopic (exact) mass is 209 g/mol. The minimum absolute atomic E-state index is 0.169. The number of nitrogens with zero attached hydrogens (tertiary/aromatic N) is 3. The number of halogens is 1. The van der Waals surface area contributed by atoms with Crippen molar-refractivity contribution in [3.05, 3.63) is 30.4 Å². The average molecular weight is 209 g/mol. The molecule has 2 rings (SSSR count). The van der Waals surface area contributed by atoms with E-state index in [0.717, 1.165) is 5.56 Å². The van der Waals surface area contributed by atoms with Gasteiger partial charge < -0.3 is 4.90 Å². The van der Waals surface area contributed by atoms with Crippen LogP contribution < -0.4 is 0 Å². The first-order valence-electron chi connectivity index (χ1n) is 4.72. The molecule has 0 saturated carbocycles. The molecule has 1 fully saturated rings. The molecule has 0 aromatic carbocycles. The summed E-state index contributed by atoms with van der Waals surface area (Å²) >= 11 is 0. The summed E-state index contributed by atoms with van der Waals surface area (Å²) in [6.07, 6.45) is 3.68. The molecule has 1 amide bonds. The Balaban J connectivity index is 1.94. The molecule has 1 saturated heterocycles. The van der Waals surface area contributed by atoms with Gasteiger partial charge in [0, 0.05) is 19.3 Å². The molecule has 15 heavy (non-hydrogen) atoms. The molecule has 1 aromatic heterocycles. The highest BCUT2D eigenvalue weighted by Gasteiger charge is 2.33. The van der Waals surface area contributed by atoms with Gasteiger partial charge in [0.1, 0.15) is 0 Å². The first kappa shape index (κ1) is 9.89. The summed E-state index contributed by atoms with van der Waals surface area (Å²) in [6, 6.07) is 0.169. The number of hydrogen-bond acceptors (Lipinski definition) is 2. The van der Waals surface area contributed by atoms with E-state index in [2.05, 4.69) is 11.7 Å². The number of aromatic nitrogens is 2. The van der Waals surface area contributed by atoms with Crippen molar-refractivity contribution < 1.29 is 9.18 Å². The van der Waals surface area contributed by atoms with Gasteiger partial charge in [0.2, 0.25) is 0 Å². The summed E-state index contributed by atoms with van der Waals surface area (Å²) < 4.78 is 14.3. The van der Waals surface area contributed by atoms with Crippen molar-refractivity contribution in [1.82, 2.24) is 14.7 Å². The summed E-state index contributed by atoms with van der Waals surface area (Å²) in [5.41, 5.74) is 1.08. The van der Waals surface area contributed by atoms with E-state index in [0.29, 0.717) is 13.1 Å². The van der Waals surface area contributed by atoms with E-state index in [1.54, 1.807) is 10.9 Å². The van der Waals surface area contributed by atoms with E-state index in [4.69, 9.17) is 0 Å². The highest BCUT2D eigenvalue weighted by atomic mass is 19.1. The summed E-state index contributed by atoms with van der Waals surface area (Å²) in [5, 5.41) is 4.14. The maximum atomic E-state index is 12.5. The van der Waals surface area contributed by atoms with Gasteiger partial charge in [0.15, 0.2) is 5.83 Å². The molecular formula is C10H12FN3O. The second kappa shape index (κ2) is 3.49. The molecule has 0 spiro atoms. The number of likely N-dealkylation sites (tertiary alicyclic amines) is 1. The summed E-state index contributed by atoms with van der Waals surface area (Å²) in [7, 11) is 0. The highest BCUT2D eigenvalue weighted by molar-refractivity contribution is 5.91. The maximum absolute atomic E-state index is 12.5. The number of carbonyl (C=O) groups is 1. The van der Waals surface area contributed by atoms with Crippen LogP contribution in [0.3, 0.4) is 0 Å². The van der Waals surface area contributed by atoms with Crippen molar-refractivity contribution in [3.63, 3.8) is 0 Å². The van der Waals surface area contributed by atoms with Gasteiger partial charge >= 0.3 is 0 Å². The number of amides is 1. The second-order valence-corrected chi connectivity index (χ2v) is 3.77. The summed E-state index contributed by atoms with van der Waals surface area (Å²) in [5.74, 6) is -1.51. The smallest absolute Gasteiger partial charge is 0.282 e. The minimum atomic E-state index is -0.898. The van der Waals surface area contributed by atoms with E-state index in [1.807, 2.05) is 13.1 Å². The third-order valence-electron chi connectivity index (χ3n) is 2.49. The normalized spacial score (nSPS) is 16.3. The lowest BCUT2D eigenvalue weighted by Gasteiger charge is -2.38. The number of rotatable bonds is 2. The fourth-order valence-corrected chi connectivity index (χ4v) is 1.59. The Labute approximate surface area is 87.0 Å². The molecule has 4 nitrogen and oxygen atoms in total. The van der Waals surface area contributed by atoms with Gasteiger partial charge in [-0.1, -0.05) is 6.58 Å². The molecule has 5 heteroatoms. The van der Waals surface area contributed by atoms with Crippen LogP contribution >= 0.6 is 0 Å². The lowest BCUT2D eigenvalue weighted by atomic mass is 10.1. The maximum Gasteiger partial charge on any atom is 0.282 e. The molecule has 0 unspecified atom stereocenters. The van der Waals surface area contributed by atoms with Crippen molar-refractivity contribution in [3.8, 4) is 0 Å². The van der Waals surface area contributed by atoms with Crippen LogP contribution in [0.2, 0.25) is 0 Å². The van der Waals surface area contributed by atoms with Crippen LogP contribution in [0.1, 0.15) is 11.6 Å². The molecule has 1 aliphatic rings. The molecule has 0 bridgehead atoms. The molecule has 1 aliphatic heterocycles. The highest BCUT2D eigenvalue weighted by Crippen LogP contribution is 2.22. The van der Waals surface area contributed by atoms with E-state index < -0.39 is 11.7 Å². The third kappa shape index (κ3) is 1.77. The first-order chi connectivity index (χ1) is 7.08. The van der Waals surface area contributed by atoms with Crippen molar-refractivity contribution in [1.29, 1.82) is 0 Å². The van der Waals surface area contributed by atoms with E-state index >= 15 is 0 Å². The first-order valence-corrected chi connectivity index (χ1v) is 4.72. The fourth-order valence-electron chi connectivity index (χ4n) is 1.59. The molecule has 0 atom stereocenters. The molecule has 0 aliphatic carbocycles.